The highest BCUT2D eigenvalue weighted by atomic mass is 79.9. The number of anilines is 1. The molecule has 0 aliphatic heterocycles. The standard InChI is InChI=1S/C6H5Br2ClN2/c1-2-3(7)4(10)6(9)11-5(2)8/h10H2,1H3. The second kappa shape index (κ2) is 3.29. The van der Waals surface area contributed by atoms with Gasteiger partial charge in [0.1, 0.15) is 4.60 Å². The minimum absolute atomic E-state index is 0.314. The third-order valence-electron chi connectivity index (χ3n) is 1.29. The average Bonchev–Trinajstić information content (AvgIpc) is 1.97. The van der Waals surface area contributed by atoms with Crippen molar-refractivity contribution >= 4 is 49.1 Å². The number of nitrogens with zero attached hydrogens (tertiary/aromatic N) is 1. The van der Waals surface area contributed by atoms with Crippen LogP contribution in [0.1, 0.15) is 5.56 Å². The lowest BCUT2D eigenvalue weighted by atomic mass is 10.3. The van der Waals surface area contributed by atoms with Crippen LogP contribution in [0.4, 0.5) is 5.69 Å². The molecule has 0 bridgehead atoms. The fraction of sp³-hybridized carbons (Fsp3) is 0.167. The first-order valence-electron chi connectivity index (χ1n) is 2.80. The van der Waals surface area contributed by atoms with E-state index in [2.05, 4.69) is 36.8 Å². The maximum absolute atomic E-state index is 5.70. The van der Waals surface area contributed by atoms with Crippen molar-refractivity contribution in [3.8, 4) is 0 Å². The predicted octanol–water partition coefficient (Wildman–Crippen LogP) is 3.15. The van der Waals surface area contributed by atoms with Crippen molar-refractivity contribution in [2.24, 2.45) is 0 Å². The lowest BCUT2D eigenvalue weighted by Crippen LogP contribution is -1.94. The van der Waals surface area contributed by atoms with E-state index in [0.717, 1.165) is 10.0 Å². The number of nitrogens with two attached hydrogens (primary N) is 1. The summed E-state index contributed by atoms with van der Waals surface area (Å²) in [5.74, 6) is 0. The van der Waals surface area contributed by atoms with E-state index in [1.807, 2.05) is 6.92 Å². The van der Waals surface area contributed by atoms with E-state index in [1.54, 1.807) is 0 Å². The molecule has 2 N–H and O–H groups in total. The largest absolute Gasteiger partial charge is 0.395 e. The van der Waals surface area contributed by atoms with Gasteiger partial charge in [-0.15, -0.1) is 0 Å². The average molecular weight is 300 g/mol. The number of rotatable bonds is 0. The Labute approximate surface area is 86.4 Å². The van der Waals surface area contributed by atoms with Crippen LogP contribution in [-0.4, -0.2) is 4.98 Å². The molecule has 0 saturated carbocycles. The lowest BCUT2D eigenvalue weighted by molar-refractivity contribution is 1.21. The number of aromatic nitrogens is 1. The molecule has 0 fully saturated rings. The molecular weight excluding hydrogens is 295 g/mol. The third kappa shape index (κ3) is 1.68. The molecule has 0 atom stereocenters. The Kier molecular flexibility index (Phi) is 2.78. The van der Waals surface area contributed by atoms with Crippen LogP contribution in [0, 0.1) is 6.92 Å². The Hall–Kier alpha value is 0.200. The van der Waals surface area contributed by atoms with Crippen LogP contribution in [-0.2, 0) is 0 Å². The molecule has 11 heavy (non-hydrogen) atoms. The maximum Gasteiger partial charge on any atom is 0.154 e. The molecule has 1 heterocycles. The zero-order valence-corrected chi connectivity index (χ0v) is 9.59. The summed E-state index contributed by atoms with van der Waals surface area (Å²) >= 11 is 12.2. The van der Waals surface area contributed by atoms with Crippen LogP contribution in [0.15, 0.2) is 9.08 Å². The molecule has 0 aliphatic rings. The Bertz CT molecular complexity index is 275. The Morgan fingerprint density at radius 2 is 2.00 bits per heavy atom. The van der Waals surface area contributed by atoms with E-state index in [9.17, 15) is 0 Å². The van der Waals surface area contributed by atoms with Gasteiger partial charge in [-0.2, -0.15) is 0 Å². The summed E-state index contributed by atoms with van der Waals surface area (Å²) in [7, 11) is 0. The van der Waals surface area contributed by atoms with Crippen LogP contribution >= 0.6 is 43.5 Å². The summed E-state index contributed by atoms with van der Waals surface area (Å²) in [5.41, 5.74) is 7.02. The SMILES string of the molecule is Cc1c(Br)nc(Cl)c(N)c1Br. The predicted molar refractivity (Wildman–Crippen MR) is 53.8 cm³/mol. The van der Waals surface area contributed by atoms with Gasteiger partial charge in [-0.1, -0.05) is 11.6 Å². The summed E-state index contributed by atoms with van der Waals surface area (Å²) in [6.07, 6.45) is 0. The van der Waals surface area contributed by atoms with Crippen molar-refractivity contribution < 1.29 is 0 Å². The molecule has 1 rings (SSSR count). The highest BCUT2D eigenvalue weighted by Crippen LogP contribution is 2.32. The molecule has 1 aromatic rings. The quantitative estimate of drug-likeness (QED) is 0.748. The van der Waals surface area contributed by atoms with Crippen LogP contribution < -0.4 is 5.73 Å². The van der Waals surface area contributed by atoms with Crippen LogP contribution in [0.5, 0.6) is 0 Å². The van der Waals surface area contributed by atoms with Crippen molar-refractivity contribution in [1.29, 1.82) is 0 Å². The zero-order valence-electron chi connectivity index (χ0n) is 5.66. The van der Waals surface area contributed by atoms with Crippen LogP contribution in [0.25, 0.3) is 0 Å². The van der Waals surface area contributed by atoms with Gasteiger partial charge in [0.15, 0.2) is 5.15 Å². The van der Waals surface area contributed by atoms with E-state index in [4.69, 9.17) is 17.3 Å². The van der Waals surface area contributed by atoms with E-state index in [-0.39, 0.29) is 0 Å². The van der Waals surface area contributed by atoms with Gasteiger partial charge in [0.05, 0.1) is 5.69 Å². The lowest BCUT2D eigenvalue weighted by Gasteiger charge is -2.05. The molecule has 0 aromatic carbocycles. The molecule has 5 heteroatoms. The highest BCUT2D eigenvalue weighted by Gasteiger charge is 2.09. The van der Waals surface area contributed by atoms with Crippen LogP contribution in [0.3, 0.4) is 0 Å². The maximum atomic E-state index is 5.70. The number of hydrogen-bond donors (Lipinski definition) is 1. The summed E-state index contributed by atoms with van der Waals surface area (Å²) in [6.45, 7) is 1.90. The van der Waals surface area contributed by atoms with Gasteiger partial charge in [0.25, 0.3) is 0 Å². The number of halogens is 3. The first-order chi connectivity index (χ1) is 5.04. The van der Waals surface area contributed by atoms with Crippen molar-refractivity contribution in [3.63, 3.8) is 0 Å². The first kappa shape index (κ1) is 9.29. The smallest absolute Gasteiger partial charge is 0.154 e. The van der Waals surface area contributed by atoms with Crippen LogP contribution in [0.2, 0.25) is 5.15 Å². The molecule has 0 aliphatic carbocycles. The molecular formula is C6H5Br2ClN2. The van der Waals surface area contributed by atoms with Gasteiger partial charge < -0.3 is 5.73 Å². The summed E-state index contributed by atoms with van der Waals surface area (Å²) in [6, 6.07) is 0. The second-order valence-electron chi connectivity index (χ2n) is 2.05. The van der Waals surface area contributed by atoms with Gasteiger partial charge in [0, 0.05) is 4.47 Å². The van der Waals surface area contributed by atoms with E-state index < -0.39 is 0 Å². The molecule has 0 radical (unpaired) electrons. The molecule has 0 saturated heterocycles. The topological polar surface area (TPSA) is 38.9 Å². The van der Waals surface area contributed by atoms with Gasteiger partial charge >= 0.3 is 0 Å². The van der Waals surface area contributed by atoms with E-state index in [1.165, 1.54) is 0 Å². The molecule has 1 aromatic heterocycles. The monoisotopic (exact) mass is 298 g/mol. The summed E-state index contributed by atoms with van der Waals surface area (Å²) in [5, 5.41) is 0.314. The number of nitrogen functional groups attached to an aromatic ring is 1. The number of hydrogen-bond acceptors (Lipinski definition) is 2. The second-order valence-corrected chi connectivity index (χ2v) is 3.95. The molecule has 60 valence electrons. The van der Waals surface area contributed by atoms with Crippen molar-refractivity contribution in [1.82, 2.24) is 4.98 Å². The Balaban J connectivity index is 3.46. The fourth-order valence-corrected chi connectivity index (χ4v) is 2.03. The van der Waals surface area contributed by atoms with Gasteiger partial charge in [-0.25, -0.2) is 4.98 Å². The summed E-state index contributed by atoms with van der Waals surface area (Å²) < 4.78 is 1.51. The van der Waals surface area contributed by atoms with Gasteiger partial charge in [-0.05, 0) is 44.3 Å². The fourth-order valence-electron chi connectivity index (χ4n) is 0.613. The van der Waals surface area contributed by atoms with E-state index in [0.29, 0.717) is 15.4 Å². The van der Waals surface area contributed by atoms with Gasteiger partial charge in [-0.3, -0.25) is 0 Å². The molecule has 0 spiro atoms. The highest BCUT2D eigenvalue weighted by molar-refractivity contribution is 9.11. The van der Waals surface area contributed by atoms with Crippen molar-refractivity contribution in [3.05, 3.63) is 19.8 Å². The normalized spacial score (nSPS) is 10.2. The zero-order chi connectivity index (χ0) is 8.59. The number of pyridine rings is 1. The van der Waals surface area contributed by atoms with Gasteiger partial charge in [0.2, 0.25) is 0 Å². The third-order valence-corrected chi connectivity index (χ3v) is 3.38. The molecule has 2 nitrogen and oxygen atoms in total. The molecule has 0 amide bonds. The molecule has 0 unspecified atom stereocenters. The van der Waals surface area contributed by atoms with E-state index >= 15 is 0 Å². The van der Waals surface area contributed by atoms with Crippen molar-refractivity contribution in [2.75, 3.05) is 5.73 Å². The van der Waals surface area contributed by atoms with Crippen molar-refractivity contribution in [2.45, 2.75) is 6.92 Å². The summed E-state index contributed by atoms with van der Waals surface area (Å²) in [4.78, 5) is 3.96. The Morgan fingerprint density at radius 3 is 2.55 bits per heavy atom. The Morgan fingerprint density at radius 1 is 1.45 bits per heavy atom. The first-order valence-corrected chi connectivity index (χ1v) is 4.77. The minimum Gasteiger partial charge on any atom is -0.395 e. The minimum atomic E-state index is 0.314.